The van der Waals surface area contributed by atoms with Gasteiger partial charge < -0.3 is 4.90 Å². The molecule has 2 unspecified atom stereocenters. The summed E-state index contributed by atoms with van der Waals surface area (Å²) >= 11 is 1.64. The number of aryl methyl sites for hydroxylation is 1. The van der Waals surface area contributed by atoms with Crippen LogP contribution in [0, 0.1) is 24.2 Å². The van der Waals surface area contributed by atoms with E-state index in [0.29, 0.717) is 24.3 Å². The highest BCUT2D eigenvalue weighted by Crippen LogP contribution is 2.42. The maximum absolute atomic E-state index is 12.4. The van der Waals surface area contributed by atoms with Crippen LogP contribution in [0.1, 0.15) is 57.2 Å². The molecule has 0 radical (unpaired) electrons. The number of amides is 1. The second-order valence-electron chi connectivity index (χ2n) is 7.62. The zero-order valence-corrected chi connectivity index (χ0v) is 14.8. The van der Waals surface area contributed by atoms with Crippen LogP contribution in [0.25, 0.3) is 0 Å². The van der Waals surface area contributed by atoms with E-state index in [1.165, 1.54) is 19.3 Å². The zero-order valence-electron chi connectivity index (χ0n) is 14.0. The largest absolute Gasteiger partial charge is 0.339 e. The van der Waals surface area contributed by atoms with Gasteiger partial charge in [0.15, 0.2) is 0 Å². The molecule has 1 aromatic heterocycles. The summed E-state index contributed by atoms with van der Waals surface area (Å²) in [6, 6.07) is 0. The van der Waals surface area contributed by atoms with Crippen LogP contribution in [0.3, 0.4) is 0 Å². The van der Waals surface area contributed by atoms with Crippen LogP contribution in [0.15, 0.2) is 5.38 Å². The minimum atomic E-state index is 0.262. The van der Waals surface area contributed by atoms with E-state index in [9.17, 15) is 4.79 Å². The van der Waals surface area contributed by atoms with Crippen molar-refractivity contribution in [1.29, 1.82) is 0 Å². The number of hydrogen-bond acceptors (Lipinski definition) is 3. The van der Waals surface area contributed by atoms with Crippen molar-refractivity contribution in [3.05, 3.63) is 16.1 Å². The topological polar surface area (TPSA) is 33.2 Å². The van der Waals surface area contributed by atoms with Gasteiger partial charge in [-0.1, -0.05) is 20.8 Å². The van der Waals surface area contributed by atoms with E-state index in [1.54, 1.807) is 11.3 Å². The molecule has 2 atom stereocenters. The number of hydrogen-bond donors (Lipinski definition) is 0. The maximum Gasteiger partial charge on any atom is 0.222 e. The monoisotopic (exact) mass is 308 g/mol. The predicted octanol–water partition coefficient (Wildman–Crippen LogP) is 4.26. The highest BCUT2D eigenvalue weighted by molar-refractivity contribution is 7.09. The van der Waals surface area contributed by atoms with Gasteiger partial charge in [0.1, 0.15) is 5.01 Å². The second kappa shape index (κ2) is 6.47. The highest BCUT2D eigenvalue weighted by atomic mass is 32.1. The SMILES string of the molecule is Cc1csc(CN(C)C(=O)CC2CC(C)CC(C)(C)C2)n1. The number of carbonyl (C=O) groups excluding carboxylic acids is 1. The zero-order chi connectivity index (χ0) is 15.6. The third-order valence-corrected chi connectivity index (χ3v) is 5.36. The molecule has 1 amide bonds. The van der Waals surface area contributed by atoms with Crippen LogP contribution in [0.2, 0.25) is 0 Å². The van der Waals surface area contributed by atoms with E-state index in [2.05, 4.69) is 25.8 Å². The Kier molecular flexibility index (Phi) is 5.07. The van der Waals surface area contributed by atoms with Crippen molar-refractivity contribution in [2.75, 3.05) is 7.05 Å². The number of rotatable bonds is 4. The van der Waals surface area contributed by atoms with E-state index >= 15 is 0 Å². The van der Waals surface area contributed by atoms with Gasteiger partial charge in [-0.25, -0.2) is 4.98 Å². The van der Waals surface area contributed by atoms with Gasteiger partial charge in [-0.05, 0) is 43.4 Å². The molecule has 1 heterocycles. The Hall–Kier alpha value is -0.900. The lowest BCUT2D eigenvalue weighted by atomic mass is 9.67. The molecule has 0 bridgehead atoms. The Morgan fingerprint density at radius 2 is 2.19 bits per heavy atom. The van der Waals surface area contributed by atoms with Crippen LogP contribution in [-0.2, 0) is 11.3 Å². The van der Waals surface area contributed by atoms with Gasteiger partial charge in [0.25, 0.3) is 0 Å². The summed E-state index contributed by atoms with van der Waals surface area (Å²) in [7, 11) is 1.90. The quantitative estimate of drug-likeness (QED) is 0.832. The molecular weight excluding hydrogens is 280 g/mol. The number of thiazole rings is 1. The minimum Gasteiger partial charge on any atom is -0.339 e. The van der Waals surface area contributed by atoms with Gasteiger partial charge in [-0.15, -0.1) is 11.3 Å². The molecule has 0 aliphatic heterocycles. The normalized spacial score (nSPS) is 24.8. The van der Waals surface area contributed by atoms with E-state index in [1.807, 2.05) is 24.3 Å². The van der Waals surface area contributed by atoms with Crippen molar-refractivity contribution in [3.8, 4) is 0 Å². The standard InChI is InChI=1S/C17H28N2OS/c1-12-6-14(9-17(3,4)8-12)7-16(20)19(5)10-15-18-13(2)11-21-15/h11-12,14H,6-10H2,1-5H3. The molecule has 1 aliphatic rings. The molecule has 1 fully saturated rings. The average Bonchev–Trinajstić information content (AvgIpc) is 2.71. The third-order valence-electron chi connectivity index (χ3n) is 4.41. The summed E-state index contributed by atoms with van der Waals surface area (Å²) < 4.78 is 0. The lowest BCUT2D eigenvalue weighted by Gasteiger charge is -2.39. The predicted molar refractivity (Wildman–Crippen MR) is 88.2 cm³/mol. The fraction of sp³-hybridized carbons (Fsp3) is 0.765. The molecule has 0 aromatic carbocycles. The Bertz CT molecular complexity index is 495. The van der Waals surface area contributed by atoms with Gasteiger partial charge in [0, 0.05) is 24.5 Å². The smallest absolute Gasteiger partial charge is 0.222 e. The maximum atomic E-state index is 12.4. The lowest BCUT2D eigenvalue weighted by Crippen LogP contribution is -2.33. The molecule has 1 aliphatic carbocycles. The molecule has 1 saturated carbocycles. The summed E-state index contributed by atoms with van der Waals surface area (Å²) in [4.78, 5) is 18.7. The van der Waals surface area contributed by atoms with Crippen molar-refractivity contribution >= 4 is 17.2 Å². The summed E-state index contributed by atoms with van der Waals surface area (Å²) in [5.41, 5.74) is 1.42. The van der Waals surface area contributed by atoms with Gasteiger partial charge >= 0.3 is 0 Å². The third kappa shape index (κ3) is 4.80. The fourth-order valence-corrected chi connectivity index (χ4v) is 4.69. The van der Waals surface area contributed by atoms with E-state index in [-0.39, 0.29) is 5.91 Å². The van der Waals surface area contributed by atoms with E-state index in [4.69, 9.17) is 0 Å². The summed E-state index contributed by atoms with van der Waals surface area (Å²) in [6.07, 6.45) is 4.34. The summed E-state index contributed by atoms with van der Waals surface area (Å²) in [5.74, 6) is 1.54. The van der Waals surface area contributed by atoms with Gasteiger partial charge in [0.2, 0.25) is 5.91 Å². The first-order valence-electron chi connectivity index (χ1n) is 7.90. The Morgan fingerprint density at radius 1 is 1.48 bits per heavy atom. The van der Waals surface area contributed by atoms with Crippen LogP contribution in [0.4, 0.5) is 0 Å². The molecule has 2 rings (SSSR count). The van der Waals surface area contributed by atoms with Gasteiger partial charge in [0.05, 0.1) is 6.54 Å². The molecule has 21 heavy (non-hydrogen) atoms. The van der Waals surface area contributed by atoms with E-state index in [0.717, 1.165) is 16.6 Å². The Labute approximate surface area is 132 Å². The molecule has 0 N–H and O–H groups in total. The van der Waals surface area contributed by atoms with Crippen LogP contribution < -0.4 is 0 Å². The molecular formula is C17H28N2OS. The van der Waals surface area contributed by atoms with Crippen LogP contribution in [-0.4, -0.2) is 22.8 Å². The molecule has 0 saturated heterocycles. The molecule has 4 heteroatoms. The van der Waals surface area contributed by atoms with Gasteiger partial charge in [-0.3, -0.25) is 4.79 Å². The molecule has 1 aromatic rings. The number of carbonyl (C=O) groups is 1. The van der Waals surface area contributed by atoms with Crippen molar-refractivity contribution in [1.82, 2.24) is 9.88 Å². The highest BCUT2D eigenvalue weighted by Gasteiger charge is 2.33. The first-order valence-corrected chi connectivity index (χ1v) is 8.78. The first-order chi connectivity index (χ1) is 9.75. The molecule has 0 spiro atoms. The Morgan fingerprint density at radius 3 is 2.76 bits per heavy atom. The summed E-state index contributed by atoms with van der Waals surface area (Å²) in [5, 5.41) is 3.07. The average molecular weight is 308 g/mol. The molecule has 118 valence electrons. The van der Waals surface area contributed by atoms with Crippen molar-refractivity contribution in [2.45, 2.75) is 59.9 Å². The first kappa shape index (κ1) is 16.5. The second-order valence-corrected chi connectivity index (χ2v) is 8.56. The van der Waals surface area contributed by atoms with Crippen molar-refractivity contribution in [3.63, 3.8) is 0 Å². The van der Waals surface area contributed by atoms with E-state index < -0.39 is 0 Å². The molecule has 3 nitrogen and oxygen atoms in total. The van der Waals surface area contributed by atoms with Gasteiger partial charge in [-0.2, -0.15) is 0 Å². The number of nitrogens with zero attached hydrogens (tertiary/aromatic N) is 2. The number of aromatic nitrogens is 1. The summed E-state index contributed by atoms with van der Waals surface area (Å²) in [6.45, 7) is 9.63. The lowest BCUT2D eigenvalue weighted by molar-refractivity contribution is -0.132. The van der Waals surface area contributed by atoms with Crippen molar-refractivity contribution in [2.24, 2.45) is 17.3 Å². The van der Waals surface area contributed by atoms with Crippen LogP contribution >= 0.6 is 11.3 Å². The van der Waals surface area contributed by atoms with Crippen LogP contribution in [0.5, 0.6) is 0 Å². The fourth-order valence-electron chi connectivity index (χ4n) is 3.87. The van der Waals surface area contributed by atoms with Crippen molar-refractivity contribution < 1.29 is 4.79 Å². The Balaban J connectivity index is 1.88. The minimum absolute atomic E-state index is 0.262.